The maximum Gasteiger partial charge on any atom is 0.321 e. The monoisotopic (exact) mass is 285 g/mol. The van der Waals surface area contributed by atoms with Crippen molar-refractivity contribution in [3.8, 4) is 0 Å². The molecule has 1 aromatic rings. The van der Waals surface area contributed by atoms with Crippen molar-refractivity contribution in [2.75, 3.05) is 6.54 Å². The lowest BCUT2D eigenvalue weighted by Crippen LogP contribution is -2.42. The summed E-state index contributed by atoms with van der Waals surface area (Å²) >= 11 is 1.21. The first-order valence-electron chi connectivity index (χ1n) is 6.23. The lowest BCUT2D eigenvalue weighted by molar-refractivity contribution is -0.119. The van der Waals surface area contributed by atoms with Crippen molar-refractivity contribution in [1.82, 2.24) is 25.8 Å². The second-order valence-electron chi connectivity index (χ2n) is 3.92. The number of nitrogens with one attached hydrogen (secondary N) is 3. The number of rotatable bonds is 6. The van der Waals surface area contributed by atoms with Gasteiger partial charge in [-0.2, -0.15) is 0 Å². The molecule has 0 aliphatic rings. The molecule has 0 saturated heterocycles. The number of urea groups is 1. The van der Waals surface area contributed by atoms with E-state index in [-0.39, 0.29) is 5.91 Å². The molecule has 106 valence electrons. The van der Waals surface area contributed by atoms with E-state index < -0.39 is 11.3 Å². The maximum atomic E-state index is 11.7. The Morgan fingerprint density at radius 2 is 2.16 bits per heavy atom. The van der Waals surface area contributed by atoms with Crippen LogP contribution >= 0.6 is 11.8 Å². The molecule has 8 heteroatoms. The van der Waals surface area contributed by atoms with Crippen molar-refractivity contribution in [2.24, 2.45) is 0 Å². The van der Waals surface area contributed by atoms with Crippen LogP contribution < -0.4 is 10.6 Å². The fourth-order valence-corrected chi connectivity index (χ4v) is 2.05. The molecule has 0 saturated carbocycles. The summed E-state index contributed by atoms with van der Waals surface area (Å²) in [4.78, 5) is 27.2. The number of carbonyl (C=O) groups excluding carboxylic acids is 2. The van der Waals surface area contributed by atoms with Crippen LogP contribution in [0, 0.1) is 0 Å². The molecule has 0 aliphatic heterocycles. The van der Waals surface area contributed by atoms with Gasteiger partial charge in [-0.3, -0.25) is 15.2 Å². The van der Waals surface area contributed by atoms with Gasteiger partial charge in [0.25, 0.3) is 0 Å². The standard InChI is InChI=1S/C11H19N5O2S/c1-4-6-8-13-11(16-15-8)19-7(3)9(17)14-10(18)12-5-2/h7H,4-6H2,1-3H3,(H,13,15,16)(H2,12,14,17,18). The van der Waals surface area contributed by atoms with Gasteiger partial charge in [-0.15, -0.1) is 5.10 Å². The molecule has 3 N–H and O–H groups in total. The first kappa shape index (κ1) is 15.5. The van der Waals surface area contributed by atoms with Gasteiger partial charge in [-0.1, -0.05) is 18.7 Å². The highest BCUT2D eigenvalue weighted by Gasteiger charge is 2.18. The van der Waals surface area contributed by atoms with Crippen LogP contribution in [0.1, 0.15) is 33.0 Å². The number of imide groups is 1. The number of hydrogen-bond donors (Lipinski definition) is 3. The summed E-state index contributed by atoms with van der Waals surface area (Å²) < 4.78 is 0. The van der Waals surface area contributed by atoms with Crippen molar-refractivity contribution in [2.45, 2.75) is 44.0 Å². The third kappa shape index (κ3) is 5.29. The Balaban J connectivity index is 2.46. The van der Waals surface area contributed by atoms with Gasteiger partial charge >= 0.3 is 6.03 Å². The van der Waals surface area contributed by atoms with Gasteiger partial charge in [0.2, 0.25) is 11.1 Å². The zero-order chi connectivity index (χ0) is 14.3. The maximum absolute atomic E-state index is 11.7. The number of hydrogen-bond acceptors (Lipinski definition) is 5. The largest absolute Gasteiger partial charge is 0.338 e. The average molecular weight is 285 g/mol. The van der Waals surface area contributed by atoms with Crippen molar-refractivity contribution >= 4 is 23.7 Å². The number of aromatic nitrogens is 3. The van der Waals surface area contributed by atoms with Crippen LogP contribution in [-0.2, 0) is 11.2 Å². The van der Waals surface area contributed by atoms with E-state index in [2.05, 4.69) is 32.7 Å². The van der Waals surface area contributed by atoms with Crippen molar-refractivity contribution in [3.63, 3.8) is 0 Å². The van der Waals surface area contributed by atoms with E-state index in [0.717, 1.165) is 18.7 Å². The summed E-state index contributed by atoms with van der Waals surface area (Å²) in [5.74, 6) is 0.444. The number of aryl methyl sites for hydroxylation is 1. The molecule has 1 heterocycles. The molecule has 1 atom stereocenters. The fraction of sp³-hybridized carbons (Fsp3) is 0.636. The number of amides is 3. The highest BCUT2D eigenvalue weighted by Crippen LogP contribution is 2.19. The highest BCUT2D eigenvalue weighted by molar-refractivity contribution is 8.00. The third-order valence-corrected chi connectivity index (χ3v) is 3.18. The van der Waals surface area contributed by atoms with E-state index >= 15 is 0 Å². The Hall–Kier alpha value is -1.57. The predicted molar refractivity (Wildman–Crippen MR) is 72.9 cm³/mol. The van der Waals surface area contributed by atoms with Crippen molar-refractivity contribution in [1.29, 1.82) is 0 Å². The summed E-state index contributed by atoms with van der Waals surface area (Å²) in [5, 5.41) is 11.7. The van der Waals surface area contributed by atoms with Gasteiger partial charge in [0.1, 0.15) is 5.82 Å². The smallest absolute Gasteiger partial charge is 0.321 e. The molecular weight excluding hydrogens is 266 g/mol. The van der Waals surface area contributed by atoms with E-state index in [4.69, 9.17) is 0 Å². The lowest BCUT2D eigenvalue weighted by Gasteiger charge is -2.09. The second kappa shape index (κ2) is 7.78. The van der Waals surface area contributed by atoms with Crippen LogP contribution in [0.4, 0.5) is 4.79 Å². The van der Waals surface area contributed by atoms with Crippen LogP contribution in [0.5, 0.6) is 0 Å². The SMILES string of the molecule is CCCc1nc(SC(C)C(=O)NC(=O)NCC)n[nH]1. The highest BCUT2D eigenvalue weighted by atomic mass is 32.2. The van der Waals surface area contributed by atoms with E-state index in [0.29, 0.717) is 11.7 Å². The number of nitrogens with zero attached hydrogens (tertiary/aromatic N) is 2. The number of carbonyl (C=O) groups is 2. The summed E-state index contributed by atoms with van der Waals surface area (Å²) in [5.41, 5.74) is 0. The van der Waals surface area contributed by atoms with Crippen molar-refractivity contribution < 1.29 is 9.59 Å². The molecular formula is C11H19N5O2S. The van der Waals surface area contributed by atoms with E-state index in [9.17, 15) is 9.59 Å². The van der Waals surface area contributed by atoms with E-state index in [1.54, 1.807) is 13.8 Å². The van der Waals surface area contributed by atoms with E-state index in [1.165, 1.54) is 11.8 Å². The predicted octanol–water partition coefficient (Wildman–Crippen LogP) is 1.08. The Morgan fingerprint density at radius 3 is 2.79 bits per heavy atom. The first-order chi connectivity index (χ1) is 9.06. The third-order valence-electron chi connectivity index (χ3n) is 2.22. The first-order valence-corrected chi connectivity index (χ1v) is 7.11. The molecule has 19 heavy (non-hydrogen) atoms. The quantitative estimate of drug-likeness (QED) is 0.679. The summed E-state index contributed by atoms with van der Waals surface area (Å²) in [6.45, 7) is 6.01. The molecule has 0 spiro atoms. The van der Waals surface area contributed by atoms with Crippen molar-refractivity contribution in [3.05, 3.63) is 5.82 Å². The molecule has 0 bridgehead atoms. The van der Waals surface area contributed by atoms with E-state index in [1.807, 2.05) is 0 Å². The molecule has 1 unspecified atom stereocenters. The lowest BCUT2D eigenvalue weighted by atomic mass is 10.3. The summed E-state index contributed by atoms with van der Waals surface area (Å²) in [6, 6.07) is -0.485. The Kier molecular flexibility index (Phi) is 6.34. The minimum Gasteiger partial charge on any atom is -0.338 e. The van der Waals surface area contributed by atoms with Gasteiger partial charge in [-0.05, 0) is 20.3 Å². The summed E-state index contributed by atoms with van der Waals surface area (Å²) in [6.07, 6.45) is 1.81. The molecule has 1 rings (SSSR count). The van der Waals surface area contributed by atoms with Gasteiger partial charge in [0.15, 0.2) is 0 Å². The van der Waals surface area contributed by atoms with Crippen LogP contribution in [0.25, 0.3) is 0 Å². The number of H-pyrrole nitrogens is 1. The van der Waals surface area contributed by atoms with Gasteiger partial charge in [0.05, 0.1) is 5.25 Å². The number of aromatic amines is 1. The minimum absolute atomic E-state index is 0.363. The van der Waals surface area contributed by atoms with Crippen LogP contribution in [0.3, 0.4) is 0 Å². The molecule has 0 aliphatic carbocycles. The zero-order valence-electron chi connectivity index (χ0n) is 11.3. The Morgan fingerprint density at radius 1 is 1.42 bits per heavy atom. The van der Waals surface area contributed by atoms with Gasteiger partial charge in [0, 0.05) is 13.0 Å². The number of thioether (sulfide) groups is 1. The van der Waals surface area contributed by atoms with Gasteiger partial charge < -0.3 is 5.32 Å². The van der Waals surface area contributed by atoms with Gasteiger partial charge in [-0.25, -0.2) is 9.78 Å². The molecule has 3 amide bonds. The zero-order valence-corrected chi connectivity index (χ0v) is 12.1. The Labute approximate surface area is 116 Å². The Bertz CT molecular complexity index is 434. The second-order valence-corrected chi connectivity index (χ2v) is 5.23. The summed E-state index contributed by atoms with van der Waals surface area (Å²) in [7, 11) is 0. The van der Waals surface area contributed by atoms with Crippen LogP contribution in [0.15, 0.2) is 5.16 Å². The molecule has 1 aromatic heterocycles. The fourth-order valence-electron chi connectivity index (χ4n) is 1.31. The topological polar surface area (TPSA) is 99.8 Å². The minimum atomic E-state index is -0.485. The molecule has 0 fully saturated rings. The molecule has 0 radical (unpaired) electrons. The van der Waals surface area contributed by atoms with Crippen LogP contribution in [-0.4, -0.2) is 38.9 Å². The normalized spacial score (nSPS) is 11.9. The van der Waals surface area contributed by atoms with Crippen LogP contribution in [0.2, 0.25) is 0 Å². The molecule has 0 aromatic carbocycles. The average Bonchev–Trinajstić information content (AvgIpc) is 2.77. The molecule has 7 nitrogen and oxygen atoms in total.